The number of amides is 4. The molecule has 0 spiro atoms. The van der Waals surface area contributed by atoms with Crippen molar-refractivity contribution in [2.24, 2.45) is 5.92 Å². The molecule has 0 aliphatic carbocycles. The number of ether oxygens (including phenoxy) is 1. The fraction of sp³-hybridized carbons (Fsp3) is 0.490. The van der Waals surface area contributed by atoms with E-state index in [4.69, 9.17) is 9.16 Å². The zero-order valence-corrected chi connectivity index (χ0v) is 38.1. The number of allylic oxidation sites excluding steroid dienone is 2. The van der Waals surface area contributed by atoms with Gasteiger partial charge >= 0.3 is 0 Å². The van der Waals surface area contributed by atoms with Gasteiger partial charge in [0, 0.05) is 19.4 Å². The standard InChI is InChI=1S/C49H66N4O7Si/c1-8-34(3)44-48(58)53-32-20-19-26-42(53)47(57)50-40(45(55)51-41(46(56)52-44)33-36-28-30-37(31-29-36)59-9-2)25-17-12-18-27-43(54)35(4)60-61(49(5,6)7,38-21-13-10-14-22-38)39-23-15-11-16-24-39/h10-16,18,21-24,28-31,34-35,40-42,44H,8-9,17,19-20,25-27,32-33H2,1-7H3,(H,50,57)(H,51,55)(H,52,56)/t34-,35+,40-,41+,42-,44-/m0/s1. The SMILES string of the molecule is CCOc1ccc(C[C@H]2NC(=O)[C@H](CCC=CCC(=O)[C@@H](C)O[Si](c3ccccc3)(c3ccccc3)C(C)(C)C)NC(=O)[C@@H]3CCCCN3C(=O)[C@H]([C@@H](C)CC)NC2=O)cc1. The Balaban J connectivity index is 1.34. The number of hydrogen-bond donors (Lipinski definition) is 3. The summed E-state index contributed by atoms with van der Waals surface area (Å²) < 4.78 is 12.6. The van der Waals surface area contributed by atoms with Crippen LogP contribution in [0.1, 0.15) is 99.0 Å². The lowest BCUT2D eigenvalue weighted by molar-refractivity contribution is -0.147. The zero-order valence-electron chi connectivity index (χ0n) is 37.1. The molecular weight excluding hydrogens is 785 g/mol. The van der Waals surface area contributed by atoms with Gasteiger partial charge < -0.3 is 30.0 Å². The zero-order chi connectivity index (χ0) is 44.2. The molecule has 328 valence electrons. The second-order valence-corrected chi connectivity index (χ2v) is 21.7. The van der Waals surface area contributed by atoms with Gasteiger partial charge in [-0.25, -0.2) is 0 Å². The number of Topliss-reactive ketones (excluding diaryl/α,β-unsaturated/α-hetero) is 1. The van der Waals surface area contributed by atoms with Crippen molar-refractivity contribution in [1.82, 2.24) is 20.9 Å². The second kappa shape index (κ2) is 21.6. The van der Waals surface area contributed by atoms with E-state index in [2.05, 4.69) is 61.0 Å². The van der Waals surface area contributed by atoms with E-state index in [9.17, 15) is 24.0 Å². The van der Waals surface area contributed by atoms with Gasteiger partial charge in [-0.1, -0.05) is 126 Å². The number of hydrogen-bond acceptors (Lipinski definition) is 7. The summed E-state index contributed by atoms with van der Waals surface area (Å²) in [6.07, 6.45) is 6.42. The summed E-state index contributed by atoms with van der Waals surface area (Å²) in [5.41, 5.74) is 0.792. The number of rotatable bonds is 16. The van der Waals surface area contributed by atoms with Crippen molar-refractivity contribution in [1.29, 1.82) is 0 Å². The largest absolute Gasteiger partial charge is 0.494 e. The van der Waals surface area contributed by atoms with Gasteiger partial charge in [0.05, 0.1) is 6.61 Å². The number of nitrogens with zero attached hydrogens (tertiary/aromatic N) is 1. The predicted molar refractivity (Wildman–Crippen MR) is 242 cm³/mol. The van der Waals surface area contributed by atoms with Crippen LogP contribution >= 0.6 is 0 Å². The van der Waals surface area contributed by atoms with E-state index < -0.39 is 50.4 Å². The van der Waals surface area contributed by atoms with Gasteiger partial charge in [0.25, 0.3) is 8.32 Å². The average molecular weight is 851 g/mol. The highest BCUT2D eigenvalue weighted by atomic mass is 28.4. The molecule has 6 atom stereocenters. The van der Waals surface area contributed by atoms with Gasteiger partial charge in [0.2, 0.25) is 23.6 Å². The Morgan fingerprint density at radius 1 is 0.803 bits per heavy atom. The van der Waals surface area contributed by atoms with E-state index in [1.165, 1.54) is 0 Å². The van der Waals surface area contributed by atoms with Crippen LogP contribution in [0.25, 0.3) is 0 Å². The highest BCUT2D eigenvalue weighted by Crippen LogP contribution is 2.37. The molecule has 4 amide bonds. The summed E-state index contributed by atoms with van der Waals surface area (Å²) in [5.74, 6) is -1.22. The number of carbonyl (C=O) groups excluding carboxylic acids is 5. The van der Waals surface area contributed by atoms with E-state index in [0.717, 1.165) is 28.8 Å². The van der Waals surface area contributed by atoms with Crippen LogP contribution < -0.4 is 31.1 Å². The molecule has 61 heavy (non-hydrogen) atoms. The van der Waals surface area contributed by atoms with Crippen LogP contribution in [0.5, 0.6) is 5.75 Å². The predicted octanol–water partition coefficient (Wildman–Crippen LogP) is 5.78. The van der Waals surface area contributed by atoms with Crippen LogP contribution in [0.15, 0.2) is 97.1 Å². The Kier molecular flexibility index (Phi) is 16.7. The Morgan fingerprint density at radius 2 is 1.41 bits per heavy atom. The third-order valence-electron chi connectivity index (χ3n) is 12.1. The van der Waals surface area contributed by atoms with Crippen LogP contribution in [-0.2, 0) is 34.8 Å². The fourth-order valence-corrected chi connectivity index (χ4v) is 13.2. The lowest BCUT2D eigenvalue weighted by Gasteiger charge is -2.44. The van der Waals surface area contributed by atoms with Gasteiger partial charge in [0.1, 0.15) is 36.0 Å². The summed E-state index contributed by atoms with van der Waals surface area (Å²) in [6.45, 7) is 15.0. The van der Waals surface area contributed by atoms with E-state index >= 15 is 0 Å². The van der Waals surface area contributed by atoms with Gasteiger partial charge in [-0.2, -0.15) is 0 Å². The average Bonchev–Trinajstić information content (AvgIpc) is 3.26. The maximum absolute atomic E-state index is 14.2. The maximum atomic E-state index is 14.2. The first-order valence-electron chi connectivity index (χ1n) is 22.1. The molecule has 2 heterocycles. The molecule has 3 N–H and O–H groups in total. The Morgan fingerprint density at radius 3 is 2.00 bits per heavy atom. The van der Waals surface area contributed by atoms with Gasteiger partial charge in [-0.15, -0.1) is 0 Å². The number of ketones is 1. The summed E-state index contributed by atoms with van der Waals surface area (Å²) >= 11 is 0. The summed E-state index contributed by atoms with van der Waals surface area (Å²) in [4.78, 5) is 71.8. The molecule has 0 unspecified atom stereocenters. The Labute approximate surface area is 363 Å². The van der Waals surface area contributed by atoms with Gasteiger partial charge in [0.15, 0.2) is 5.78 Å². The third-order valence-corrected chi connectivity index (χ3v) is 17.2. The van der Waals surface area contributed by atoms with Gasteiger partial charge in [-0.05, 0) is 85.0 Å². The number of piperidine rings is 1. The van der Waals surface area contributed by atoms with Crippen molar-refractivity contribution in [3.8, 4) is 5.75 Å². The molecule has 3 aromatic carbocycles. The van der Waals surface area contributed by atoms with E-state index in [0.29, 0.717) is 38.2 Å². The van der Waals surface area contributed by atoms with E-state index in [1.54, 1.807) is 11.0 Å². The minimum absolute atomic E-state index is 0.0674. The van der Waals surface area contributed by atoms with Crippen molar-refractivity contribution < 1.29 is 33.1 Å². The van der Waals surface area contributed by atoms with E-state index in [-0.39, 0.29) is 47.8 Å². The first-order chi connectivity index (χ1) is 29.2. The lowest BCUT2D eigenvalue weighted by atomic mass is 9.93. The minimum atomic E-state index is -2.95. The van der Waals surface area contributed by atoms with Crippen molar-refractivity contribution in [2.45, 2.75) is 135 Å². The quantitative estimate of drug-likeness (QED) is 0.123. The molecule has 5 rings (SSSR count). The Hall–Kier alpha value is -5.07. The number of nitrogens with one attached hydrogen (secondary N) is 3. The molecule has 2 saturated heterocycles. The smallest absolute Gasteiger partial charge is 0.262 e. The first kappa shape index (κ1) is 47.0. The summed E-state index contributed by atoms with van der Waals surface area (Å²) in [6, 6.07) is 24.1. The molecule has 11 nitrogen and oxygen atoms in total. The number of carbonyl (C=O) groups is 5. The van der Waals surface area contributed by atoms with Crippen LogP contribution in [0.2, 0.25) is 5.04 Å². The highest BCUT2D eigenvalue weighted by molar-refractivity contribution is 6.99. The third kappa shape index (κ3) is 11.6. The summed E-state index contributed by atoms with van der Waals surface area (Å²) in [7, 11) is -2.95. The molecule has 2 aliphatic rings. The normalized spacial score (nSPS) is 21.6. The molecule has 0 aromatic heterocycles. The minimum Gasteiger partial charge on any atom is -0.494 e. The second-order valence-electron chi connectivity index (χ2n) is 17.5. The van der Waals surface area contributed by atoms with Crippen LogP contribution in [-0.4, -0.2) is 86.1 Å². The highest BCUT2D eigenvalue weighted by Gasteiger charge is 2.51. The first-order valence-corrected chi connectivity index (χ1v) is 24.0. The molecule has 2 aliphatic heterocycles. The van der Waals surface area contributed by atoms with Crippen molar-refractivity contribution in [2.75, 3.05) is 13.2 Å². The van der Waals surface area contributed by atoms with Crippen molar-refractivity contribution >= 4 is 48.1 Å². The summed E-state index contributed by atoms with van der Waals surface area (Å²) in [5, 5.41) is 10.8. The number of fused-ring (bicyclic) bond motifs is 1. The van der Waals surface area contributed by atoms with Crippen LogP contribution in [0.4, 0.5) is 0 Å². The van der Waals surface area contributed by atoms with Gasteiger partial charge in [-0.3, -0.25) is 24.0 Å². The molecule has 0 bridgehead atoms. The van der Waals surface area contributed by atoms with Crippen LogP contribution in [0.3, 0.4) is 0 Å². The maximum Gasteiger partial charge on any atom is 0.262 e. The number of benzene rings is 3. The monoisotopic (exact) mass is 850 g/mol. The fourth-order valence-electron chi connectivity index (χ4n) is 8.49. The molecule has 3 aromatic rings. The molecule has 0 saturated carbocycles. The molecule has 0 radical (unpaired) electrons. The van der Waals surface area contributed by atoms with Crippen LogP contribution in [0, 0.1) is 5.92 Å². The topological polar surface area (TPSA) is 143 Å². The van der Waals surface area contributed by atoms with Crippen molar-refractivity contribution in [3.63, 3.8) is 0 Å². The molecular formula is C49H66N4O7Si. The van der Waals surface area contributed by atoms with E-state index in [1.807, 2.05) is 94.4 Å². The molecule has 2 fully saturated rings. The lowest BCUT2D eigenvalue weighted by Crippen LogP contribution is -2.68. The molecule has 12 heteroatoms. The Bertz CT molecular complexity index is 1930. The van der Waals surface area contributed by atoms with Crippen molar-refractivity contribution in [3.05, 3.63) is 103 Å².